The molecule has 8 aromatic rings. The summed E-state index contributed by atoms with van der Waals surface area (Å²) in [5.41, 5.74) is 10.9. The zero-order valence-corrected chi connectivity index (χ0v) is 22.3. The number of rotatable bonds is 1. The maximum Gasteiger partial charge on any atom is 0.0971 e. The molecule has 2 aromatic heterocycles. The summed E-state index contributed by atoms with van der Waals surface area (Å²) in [6, 6.07) is 37.9. The minimum absolute atomic E-state index is 0.0570. The Balaban J connectivity index is 1.41. The highest BCUT2D eigenvalue weighted by Crippen LogP contribution is 2.51. The third kappa shape index (κ3) is 2.69. The number of para-hydroxylation sites is 1. The first-order valence-corrected chi connectivity index (χ1v) is 13.8. The summed E-state index contributed by atoms with van der Waals surface area (Å²) in [7, 11) is 0. The molecule has 6 aromatic carbocycles. The molecule has 0 bridgehead atoms. The van der Waals surface area contributed by atoms with Crippen molar-refractivity contribution >= 4 is 54.4 Å². The average Bonchev–Trinajstić information content (AvgIpc) is 3.45. The Morgan fingerprint density at radius 2 is 1.18 bits per heavy atom. The minimum Gasteiger partial charge on any atom is -0.309 e. The first-order chi connectivity index (χ1) is 19.6. The van der Waals surface area contributed by atoms with Crippen LogP contribution >= 0.6 is 0 Å². The van der Waals surface area contributed by atoms with Crippen LogP contribution in [0.3, 0.4) is 0 Å². The van der Waals surface area contributed by atoms with E-state index in [1.807, 2.05) is 0 Å². The van der Waals surface area contributed by atoms with Crippen LogP contribution in [0.15, 0.2) is 116 Å². The lowest BCUT2D eigenvalue weighted by Gasteiger charge is -2.21. The van der Waals surface area contributed by atoms with E-state index in [1.54, 1.807) is 12.4 Å². The van der Waals surface area contributed by atoms with E-state index in [2.05, 4.69) is 122 Å². The summed E-state index contributed by atoms with van der Waals surface area (Å²) in [6.07, 6.45) is 3.57. The Labute approximate surface area is 231 Å². The molecule has 2 heterocycles. The summed E-state index contributed by atoms with van der Waals surface area (Å²) >= 11 is 0. The van der Waals surface area contributed by atoms with Gasteiger partial charge in [-0.25, -0.2) is 0 Å². The molecule has 0 N–H and O–H groups in total. The zero-order chi connectivity index (χ0) is 26.6. The average molecular weight is 512 g/mol. The van der Waals surface area contributed by atoms with Crippen LogP contribution in [0.2, 0.25) is 0 Å². The van der Waals surface area contributed by atoms with Gasteiger partial charge in [0.05, 0.1) is 22.1 Å². The SMILES string of the molecule is CC1(C)c2ccccc2-c2cc3c4ccccc4n(-c4ccc5c(c4)c4ccccc4c4nccnc54)c3cc21. The standard InChI is InChI=1S/C37H25N3/c1-37(2)31-13-7-5-10-24(31)29-20-30-25-11-6-8-14-33(25)40(34(30)21-32(29)37)22-15-16-27-28(19-22)23-9-3-4-12-26(23)35-36(27)39-18-17-38-35/h3-21H,1-2H3. The maximum atomic E-state index is 4.76. The molecule has 188 valence electrons. The molecule has 0 saturated heterocycles. The number of hydrogen-bond donors (Lipinski definition) is 0. The van der Waals surface area contributed by atoms with E-state index in [-0.39, 0.29) is 5.41 Å². The fourth-order valence-electron chi connectivity index (χ4n) is 7.20. The van der Waals surface area contributed by atoms with Gasteiger partial charge in [0.25, 0.3) is 0 Å². The monoisotopic (exact) mass is 511 g/mol. The van der Waals surface area contributed by atoms with E-state index >= 15 is 0 Å². The molecule has 3 heteroatoms. The van der Waals surface area contributed by atoms with Crippen molar-refractivity contribution in [1.29, 1.82) is 0 Å². The molecule has 0 atom stereocenters. The van der Waals surface area contributed by atoms with Crippen LogP contribution in [0.5, 0.6) is 0 Å². The molecule has 0 amide bonds. The first-order valence-electron chi connectivity index (χ1n) is 13.8. The molecule has 0 radical (unpaired) electrons. The first kappa shape index (κ1) is 21.9. The quantitative estimate of drug-likeness (QED) is 0.206. The zero-order valence-electron chi connectivity index (χ0n) is 22.3. The number of fused-ring (bicyclic) bond motifs is 12. The van der Waals surface area contributed by atoms with E-state index < -0.39 is 0 Å². The van der Waals surface area contributed by atoms with Gasteiger partial charge >= 0.3 is 0 Å². The number of nitrogens with zero attached hydrogens (tertiary/aromatic N) is 3. The second-order valence-corrected chi connectivity index (χ2v) is 11.5. The molecule has 40 heavy (non-hydrogen) atoms. The molecule has 0 fully saturated rings. The van der Waals surface area contributed by atoms with Crippen molar-refractivity contribution in [1.82, 2.24) is 14.5 Å². The molecule has 0 saturated carbocycles. The Morgan fingerprint density at radius 1 is 0.500 bits per heavy atom. The van der Waals surface area contributed by atoms with Crippen molar-refractivity contribution in [2.45, 2.75) is 19.3 Å². The van der Waals surface area contributed by atoms with Crippen LogP contribution in [0.25, 0.3) is 71.2 Å². The van der Waals surface area contributed by atoms with E-state index in [1.165, 1.54) is 54.8 Å². The van der Waals surface area contributed by atoms with Crippen LogP contribution in [0.4, 0.5) is 0 Å². The van der Waals surface area contributed by atoms with Gasteiger partial charge in [0, 0.05) is 45.0 Å². The van der Waals surface area contributed by atoms with Gasteiger partial charge in [-0.3, -0.25) is 9.97 Å². The highest BCUT2D eigenvalue weighted by atomic mass is 15.0. The van der Waals surface area contributed by atoms with Gasteiger partial charge in [-0.15, -0.1) is 0 Å². The molecule has 0 spiro atoms. The van der Waals surface area contributed by atoms with E-state index in [4.69, 9.17) is 9.97 Å². The van der Waals surface area contributed by atoms with Crippen molar-refractivity contribution in [3.05, 3.63) is 127 Å². The summed E-state index contributed by atoms with van der Waals surface area (Å²) in [4.78, 5) is 9.47. The topological polar surface area (TPSA) is 30.7 Å². The predicted octanol–water partition coefficient (Wildman–Crippen LogP) is 9.34. The number of aromatic nitrogens is 3. The smallest absolute Gasteiger partial charge is 0.0971 e. The van der Waals surface area contributed by atoms with Crippen LogP contribution in [-0.2, 0) is 5.41 Å². The summed E-state index contributed by atoms with van der Waals surface area (Å²) in [5.74, 6) is 0. The van der Waals surface area contributed by atoms with Gasteiger partial charge in [0.2, 0.25) is 0 Å². The highest BCUT2D eigenvalue weighted by molar-refractivity contribution is 6.23. The van der Waals surface area contributed by atoms with Crippen LogP contribution in [-0.4, -0.2) is 14.5 Å². The van der Waals surface area contributed by atoms with Gasteiger partial charge in [0.15, 0.2) is 0 Å². The van der Waals surface area contributed by atoms with Crippen LogP contribution in [0.1, 0.15) is 25.0 Å². The Bertz CT molecular complexity index is 2320. The second kappa shape index (κ2) is 7.55. The van der Waals surface area contributed by atoms with Gasteiger partial charge in [0.1, 0.15) is 0 Å². The van der Waals surface area contributed by atoms with E-state index in [9.17, 15) is 0 Å². The molecule has 0 aliphatic heterocycles. The molecular formula is C37H25N3. The highest BCUT2D eigenvalue weighted by Gasteiger charge is 2.36. The number of hydrogen-bond acceptors (Lipinski definition) is 2. The fraction of sp³-hybridized carbons (Fsp3) is 0.0811. The lowest BCUT2D eigenvalue weighted by Crippen LogP contribution is -2.14. The molecular weight excluding hydrogens is 486 g/mol. The van der Waals surface area contributed by atoms with Gasteiger partial charge in [-0.1, -0.05) is 86.6 Å². The lowest BCUT2D eigenvalue weighted by molar-refractivity contribution is 0.661. The fourth-order valence-corrected chi connectivity index (χ4v) is 7.20. The Morgan fingerprint density at radius 3 is 2.00 bits per heavy atom. The molecule has 1 aliphatic rings. The molecule has 3 nitrogen and oxygen atoms in total. The maximum absolute atomic E-state index is 4.76. The minimum atomic E-state index is -0.0570. The van der Waals surface area contributed by atoms with Crippen molar-refractivity contribution in [3.63, 3.8) is 0 Å². The normalized spacial score (nSPS) is 13.9. The van der Waals surface area contributed by atoms with Crippen molar-refractivity contribution < 1.29 is 0 Å². The molecule has 0 unspecified atom stereocenters. The summed E-state index contributed by atoms with van der Waals surface area (Å²) < 4.78 is 2.44. The van der Waals surface area contributed by atoms with E-state index in [0.717, 1.165) is 27.5 Å². The Hall–Kier alpha value is -5.02. The predicted molar refractivity (Wildman–Crippen MR) is 166 cm³/mol. The van der Waals surface area contributed by atoms with Crippen LogP contribution < -0.4 is 0 Å². The van der Waals surface area contributed by atoms with Crippen LogP contribution in [0, 0.1) is 0 Å². The summed E-state index contributed by atoms with van der Waals surface area (Å²) in [5, 5.41) is 7.22. The Kier molecular flexibility index (Phi) is 4.13. The largest absolute Gasteiger partial charge is 0.309 e. The van der Waals surface area contributed by atoms with Crippen molar-refractivity contribution in [2.75, 3.05) is 0 Å². The molecule has 9 rings (SSSR count). The third-order valence-corrected chi connectivity index (χ3v) is 9.06. The van der Waals surface area contributed by atoms with E-state index in [0.29, 0.717) is 0 Å². The van der Waals surface area contributed by atoms with Crippen molar-refractivity contribution in [3.8, 4) is 16.8 Å². The molecule has 1 aliphatic carbocycles. The van der Waals surface area contributed by atoms with Gasteiger partial charge in [-0.05, 0) is 63.4 Å². The third-order valence-electron chi connectivity index (χ3n) is 9.06. The van der Waals surface area contributed by atoms with Crippen molar-refractivity contribution in [2.24, 2.45) is 0 Å². The second-order valence-electron chi connectivity index (χ2n) is 11.5. The summed E-state index contributed by atoms with van der Waals surface area (Å²) in [6.45, 7) is 4.70. The lowest BCUT2D eigenvalue weighted by atomic mass is 9.82. The van der Waals surface area contributed by atoms with Gasteiger partial charge in [-0.2, -0.15) is 0 Å². The van der Waals surface area contributed by atoms with Gasteiger partial charge < -0.3 is 4.57 Å². The number of benzene rings is 6.